The lowest BCUT2D eigenvalue weighted by atomic mass is 9.93. The molecule has 1 aliphatic heterocycles. The first-order valence-electron chi connectivity index (χ1n) is 9.52. The van der Waals surface area contributed by atoms with E-state index in [1.807, 2.05) is 6.92 Å². The van der Waals surface area contributed by atoms with Gasteiger partial charge in [-0.3, -0.25) is 4.90 Å². The predicted molar refractivity (Wildman–Crippen MR) is 113 cm³/mol. The van der Waals surface area contributed by atoms with E-state index in [1.54, 1.807) is 6.07 Å². The minimum absolute atomic E-state index is 0.0349. The van der Waals surface area contributed by atoms with Crippen LogP contribution in [-0.2, 0) is 6.61 Å². The Labute approximate surface area is 179 Å². The van der Waals surface area contributed by atoms with E-state index in [0.29, 0.717) is 28.4 Å². The monoisotopic (exact) mass is 437 g/mol. The Balaban J connectivity index is 1.96. The number of carbonyl (C=O) groups is 1. The number of halogens is 2. The van der Waals surface area contributed by atoms with Crippen LogP contribution in [0.4, 0.5) is 15.0 Å². The van der Waals surface area contributed by atoms with Gasteiger partial charge in [0.15, 0.2) is 17.4 Å². The van der Waals surface area contributed by atoms with Gasteiger partial charge in [-0.2, -0.15) is 0 Å². The van der Waals surface area contributed by atoms with Crippen molar-refractivity contribution < 1.29 is 23.8 Å². The van der Waals surface area contributed by atoms with Crippen LogP contribution in [0.5, 0.6) is 11.5 Å². The van der Waals surface area contributed by atoms with Crippen LogP contribution in [0.3, 0.4) is 0 Å². The molecule has 0 spiro atoms. The Morgan fingerprint density at radius 2 is 2.20 bits per heavy atom. The summed E-state index contributed by atoms with van der Waals surface area (Å²) < 4.78 is 26.3. The van der Waals surface area contributed by atoms with Crippen molar-refractivity contribution in [3.8, 4) is 22.6 Å². The SMILES string of the molecule is CC(C)C[C@](C)(N)COc1cc2c(cc1F)-c1c(cnc(N(C)C(=O)O)c1Cl)OC2. The minimum atomic E-state index is -1.22. The second kappa shape index (κ2) is 8.28. The first-order chi connectivity index (χ1) is 14.0. The van der Waals surface area contributed by atoms with Crippen LogP contribution >= 0.6 is 11.6 Å². The van der Waals surface area contributed by atoms with E-state index < -0.39 is 17.4 Å². The molecule has 7 nitrogen and oxygen atoms in total. The van der Waals surface area contributed by atoms with Gasteiger partial charge in [0.05, 0.1) is 11.2 Å². The standard InChI is InChI=1S/C21H25ClFN3O4/c1-11(2)7-21(3,24)10-30-15-5-12-9-29-16-8-25-19(26(4)20(27)28)18(22)17(16)13(12)6-14(15)23/h5-6,8,11H,7,9-10,24H2,1-4H3,(H,27,28)/t21-/m0/s1. The lowest BCUT2D eigenvalue weighted by Crippen LogP contribution is -2.43. The molecule has 3 rings (SSSR count). The molecule has 0 unspecified atom stereocenters. The largest absolute Gasteiger partial charge is 0.489 e. The summed E-state index contributed by atoms with van der Waals surface area (Å²) in [5.74, 6) is 0.287. The summed E-state index contributed by atoms with van der Waals surface area (Å²) in [6.45, 7) is 6.34. The third-order valence-electron chi connectivity index (χ3n) is 4.81. The van der Waals surface area contributed by atoms with E-state index in [2.05, 4.69) is 18.8 Å². The van der Waals surface area contributed by atoms with Crippen molar-refractivity contribution in [2.75, 3.05) is 18.6 Å². The molecule has 0 saturated heterocycles. The third kappa shape index (κ3) is 4.44. The smallest absolute Gasteiger partial charge is 0.412 e. The van der Waals surface area contributed by atoms with Crippen LogP contribution in [0, 0.1) is 11.7 Å². The topological polar surface area (TPSA) is 97.9 Å². The second-order valence-electron chi connectivity index (χ2n) is 8.25. The van der Waals surface area contributed by atoms with Gasteiger partial charge in [0.25, 0.3) is 0 Å². The molecule has 9 heteroatoms. The van der Waals surface area contributed by atoms with Crippen molar-refractivity contribution in [1.29, 1.82) is 0 Å². The van der Waals surface area contributed by atoms with Gasteiger partial charge in [-0.15, -0.1) is 0 Å². The summed E-state index contributed by atoms with van der Waals surface area (Å²) in [7, 11) is 1.33. The highest BCUT2D eigenvalue weighted by Crippen LogP contribution is 2.46. The number of aromatic nitrogens is 1. The van der Waals surface area contributed by atoms with Gasteiger partial charge in [0.1, 0.15) is 19.0 Å². The van der Waals surface area contributed by atoms with Gasteiger partial charge in [0.2, 0.25) is 0 Å². The maximum absolute atomic E-state index is 14.9. The fourth-order valence-electron chi connectivity index (χ4n) is 3.59. The molecule has 1 aromatic heterocycles. The first-order valence-corrected chi connectivity index (χ1v) is 9.90. The molecule has 162 valence electrons. The quantitative estimate of drug-likeness (QED) is 0.680. The number of nitrogens with zero attached hydrogens (tertiary/aromatic N) is 2. The van der Waals surface area contributed by atoms with Crippen molar-refractivity contribution in [2.45, 2.75) is 39.3 Å². The Morgan fingerprint density at radius 3 is 2.83 bits per heavy atom. The van der Waals surface area contributed by atoms with E-state index in [9.17, 15) is 14.3 Å². The summed E-state index contributed by atoms with van der Waals surface area (Å²) in [6, 6.07) is 2.88. The zero-order valence-corrected chi connectivity index (χ0v) is 18.1. The van der Waals surface area contributed by atoms with E-state index in [-0.39, 0.29) is 29.8 Å². The number of amides is 1. The van der Waals surface area contributed by atoms with Crippen molar-refractivity contribution in [1.82, 2.24) is 4.98 Å². The molecule has 2 aromatic rings. The van der Waals surface area contributed by atoms with Crippen LogP contribution in [0.2, 0.25) is 5.02 Å². The van der Waals surface area contributed by atoms with Crippen molar-refractivity contribution in [2.24, 2.45) is 11.7 Å². The Kier molecular flexibility index (Phi) is 6.10. The van der Waals surface area contributed by atoms with Crippen LogP contribution in [0.25, 0.3) is 11.1 Å². The highest BCUT2D eigenvalue weighted by Gasteiger charge is 2.28. The summed E-state index contributed by atoms with van der Waals surface area (Å²) >= 11 is 6.44. The number of hydrogen-bond acceptors (Lipinski definition) is 5. The summed E-state index contributed by atoms with van der Waals surface area (Å²) in [5.41, 5.74) is 7.23. The number of fused-ring (bicyclic) bond motifs is 3. The predicted octanol–water partition coefficient (Wildman–Crippen LogP) is 4.69. The number of benzene rings is 1. The zero-order chi connectivity index (χ0) is 22.2. The van der Waals surface area contributed by atoms with Crippen LogP contribution in [0.15, 0.2) is 18.3 Å². The number of nitrogens with two attached hydrogens (primary N) is 1. The molecule has 0 aliphatic carbocycles. The highest BCUT2D eigenvalue weighted by atomic mass is 35.5. The molecule has 0 saturated carbocycles. The molecule has 30 heavy (non-hydrogen) atoms. The lowest BCUT2D eigenvalue weighted by Gasteiger charge is -2.28. The molecular weight excluding hydrogens is 413 g/mol. The molecule has 0 fully saturated rings. The Bertz CT molecular complexity index is 981. The van der Waals surface area contributed by atoms with E-state index in [4.69, 9.17) is 26.8 Å². The van der Waals surface area contributed by atoms with E-state index in [1.165, 1.54) is 19.3 Å². The summed E-state index contributed by atoms with van der Waals surface area (Å²) in [6.07, 6.45) is 0.897. The third-order valence-corrected chi connectivity index (χ3v) is 5.17. The number of anilines is 1. The highest BCUT2D eigenvalue weighted by molar-refractivity contribution is 6.36. The van der Waals surface area contributed by atoms with Crippen LogP contribution < -0.4 is 20.1 Å². The first kappa shape index (κ1) is 22.1. The summed E-state index contributed by atoms with van der Waals surface area (Å²) in [4.78, 5) is 16.2. The van der Waals surface area contributed by atoms with Gasteiger partial charge in [-0.25, -0.2) is 14.2 Å². The molecule has 0 bridgehead atoms. The number of pyridine rings is 1. The molecule has 1 aliphatic rings. The molecule has 1 atom stereocenters. The molecule has 0 radical (unpaired) electrons. The number of hydrogen-bond donors (Lipinski definition) is 2. The van der Waals surface area contributed by atoms with E-state index >= 15 is 0 Å². The van der Waals surface area contributed by atoms with Gasteiger partial charge >= 0.3 is 6.09 Å². The number of ether oxygens (including phenoxy) is 2. The summed E-state index contributed by atoms with van der Waals surface area (Å²) in [5, 5.41) is 9.30. The number of rotatable bonds is 6. The van der Waals surface area contributed by atoms with Gasteiger partial charge in [0, 0.05) is 23.7 Å². The van der Waals surface area contributed by atoms with Crippen molar-refractivity contribution in [3.63, 3.8) is 0 Å². The fourth-order valence-corrected chi connectivity index (χ4v) is 3.96. The number of carboxylic acid groups (broad SMARTS) is 1. The molecular formula is C21H25ClFN3O4. The maximum Gasteiger partial charge on any atom is 0.412 e. The lowest BCUT2D eigenvalue weighted by molar-refractivity contribution is 0.199. The molecule has 1 aromatic carbocycles. The second-order valence-corrected chi connectivity index (χ2v) is 8.62. The molecule has 3 N–H and O–H groups in total. The average molecular weight is 438 g/mol. The van der Waals surface area contributed by atoms with Crippen molar-refractivity contribution >= 4 is 23.5 Å². The minimum Gasteiger partial charge on any atom is -0.489 e. The molecule has 1 amide bonds. The zero-order valence-electron chi connectivity index (χ0n) is 17.3. The Morgan fingerprint density at radius 1 is 1.50 bits per heavy atom. The maximum atomic E-state index is 14.9. The van der Waals surface area contributed by atoms with Crippen molar-refractivity contribution in [3.05, 3.63) is 34.7 Å². The average Bonchev–Trinajstić information content (AvgIpc) is 2.64. The van der Waals surface area contributed by atoms with Gasteiger partial charge in [-0.1, -0.05) is 25.4 Å². The van der Waals surface area contributed by atoms with Gasteiger partial charge in [-0.05, 0) is 37.0 Å². The normalized spacial score (nSPS) is 14.4. The van der Waals surface area contributed by atoms with E-state index in [0.717, 1.165) is 11.3 Å². The fraction of sp³-hybridized carbons (Fsp3) is 0.429. The van der Waals surface area contributed by atoms with Crippen LogP contribution in [0.1, 0.15) is 32.8 Å². The van der Waals surface area contributed by atoms with Gasteiger partial charge < -0.3 is 20.3 Å². The van der Waals surface area contributed by atoms with Crippen LogP contribution in [-0.4, -0.2) is 35.4 Å². The molecule has 2 heterocycles. The Hall–Kier alpha value is -2.58.